The van der Waals surface area contributed by atoms with Gasteiger partial charge in [0.05, 0.1) is 0 Å². The number of fused-ring (bicyclic) bond motifs is 1. The SMILES string of the molecule is CC(=O)O[C@H]1CCC2=C(C)C(C)(C)[C@H]3CC[C@]21C3. The van der Waals surface area contributed by atoms with Crippen molar-refractivity contribution in [1.29, 1.82) is 0 Å². The minimum Gasteiger partial charge on any atom is -0.462 e. The predicted molar refractivity (Wildman–Crippen MR) is 71.0 cm³/mol. The third-order valence-corrected chi connectivity index (χ3v) is 6.17. The van der Waals surface area contributed by atoms with Gasteiger partial charge in [-0.3, -0.25) is 4.79 Å². The summed E-state index contributed by atoms with van der Waals surface area (Å²) in [5, 5.41) is 0. The number of hydrogen-bond donors (Lipinski definition) is 0. The zero-order chi connectivity index (χ0) is 13.1. The molecule has 2 nitrogen and oxygen atoms in total. The molecule has 0 saturated heterocycles. The van der Waals surface area contributed by atoms with E-state index in [-0.39, 0.29) is 17.5 Å². The second kappa shape index (κ2) is 3.61. The van der Waals surface area contributed by atoms with Crippen LogP contribution in [0.1, 0.15) is 59.8 Å². The predicted octanol–water partition coefficient (Wildman–Crippen LogP) is 3.85. The van der Waals surface area contributed by atoms with Crippen LogP contribution in [0.15, 0.2) is 11.1 Å². The van der Waals surface area contributed by atoms with E-state index in [4.69, 9.17) is 4.74 Å². The van der Waals surface area contributed by atoms with Crippen molar-refractivity contribution < 1.29 is 9.53 Å². The Labute approximate surface area is 110 Å². The van der Waals surface area contributed by atoms with E-state index in [1.54, 1.807) is 18.1 Å². The first-order valence-electron chi connectivity index (χ1n) is 7.26. The highest BCUT2D eigenvalue weighted by molar-refractivity contribution is 5.66. The molecule has 0 unspecified atom stereocenters. The summed E-state index contributed by atoms with van der Waals surface area (Å²) < 4.78 is 5.64. The van der Waals surface area contributed by atoms with Crippen molar-refractivity contribution in [3.63, 3.8) is 0 Å². The molecule has 0 N–H and O–H groups in total. The summed E-state index contributed by atoms with van der Waals surface area (Å²) >= 11 is 0. The zero-order valence-electron chi connectivity index (χ0n) is 12.0. The molecule has 2 fully saturated rings. The number of allylic oxidation sites excluding steroid dienone is 1. The monoisotopic (exact) mass is 248 g/mol. The van der Waals surface area contributed by atoms with Gasteiger partial charge >= 0.3 is 5.97 Å². The molecule has 2 bridgehead atoms. The molecule has 2 heteroatoms. The summed E-state index contributed by atoms with van der Waals surface area (Å²) in [7, 11) is 0. The largest absolute Gasteiger partial charge is 0.462 e. The standard InChI is InChI=1S/C16H24O2/c1-10-13-5-6-14(18-11(2)17)16(13)8-7-12(9-16)15(10,3)4/h12,14H,5-9H2,1-4H3/t12-,14-,16-/m0/s1. The van der Waals surface area contributed by atoms with Gasteiger partial charge in [0, 0.05) is 12.3 Å². The summed E-state index contributed by atoms with van der Waals surface area (Å²) in [6.45, 7) is 8.66. The lowest BCUT2D eigenvalue weighted by atomic mass is 9.62. The molecule has 3 aliphatic rings. The smallest absolute Gasteiger partial charge is 0.302 e. The number of carbonyl (C=O) groups excluding carboxylic acids is 1. The van der Waals surface area contributed by atoms with Gasteiger partial charge in [-0.05, 0) is 50.4 Å². The maximum atomic E-state index is 11.3. The van der Waals surface area contributed by atoms with E-state index in [9.17, 15) is 4.79 Å². The molecule has 0 aromatic heterocycles. The topological polar surface area (TPSA) is 26.3 Å². The number of ether oxygens (including phenoxy) is 1. The first-order chi connectivity index (χ1) is 8.38. The number of rotatable bonds is 1. The Morgan fingerprint density at radius 3 is 2.72 bits per heavy atom. The molecule has 100 valence electrons. The fourth-order valence-corrected chi connectivity index (χ4v) is 4.88. The first kappa shape index (κ1) is 12.3. The molecule has 1 spiro atoms. The molecule has 3 rings (SSSR count). The van der Waals surface area contributed by atoms with Crippen molar-refractivity contribution >= 4 is 5.97 Å². The van der Waals surface area contributed by atoms with Gasteiger partial charge in [-0.2, -0.15) is 0 Å². The fraction of sp³-hybridized carbons (Fsp3) is 0.812. The maximum Gasteiger partial charge on any atom is 0.302 e. The summed E-state index contributed by atoms with van der Waals surface area (Å²) in [6.07, 6.45) is 6.10. The Bertz CT molecular complexity index is 432. The van der Waals surface area contributed by atoms with Crippen LogP contribution >= 0.6 is 0 Å². The zero-order valence-corrected chi connectivity index (χ0v) is 12.0. The molecule has 3 atom stereocenters. The molecule has 18 heavy (non-hydrogen) atoms. The molecule has 0 aliphatic heterocycles. The van der Waals surface area contributed by atoms with Gasteiger partial charge in [0.15, 0.2) is 0 Å². The highest BCUT2D eigenvalue weighted by Gasteiger charge is 2.59. The molecule has 3 aliphatic carbocycles. The van der Waals surface area contributed by atoms with Crippen LogP contribution in [0, 0.1) is 16.7 Å². The van der Waals surface area contributed by atoms with E-state index in [0.717, 1.165) is 18.8 Å². The summed E-state index contributed by atoms with van der Waals surface area (Å²) in [5.74, 6) is 0.666. The van der Waals surface area contributed by atoms with Crippen LogP contribution in [0.3, 0.4) is 0 Å². The Morgan fingerprint density at radius 1 is 1.33 bits per heavy atom. The van der Waals surface area contributed by atoms with Crippen LogP contribution < -0.4 is 0 Å². The van der Waals surface area contributed by atoms with Crippen molar-refractivity contribution in [3.05, 3.63) is 11.1 Å². The van der Waals surface area contributed by atoms with Crippen molar-refractivity contribution in [1.82, 2.24) is 0 Å². The molecular formula is C16H24O2. The Balaban J connectivity index is 2.04. The number of hydrogen-bond acceptors (Lipinski definition) is 2. The second-order valence-electron chi connectivity index (χ2n) is 7.06. The van der Waals surface area contributed by atoms with Crippen molar-refractivity contribution in [2.75, 3.05) is 0 Å². The van der Waals surface area contributed by atoms with E-state index >= 15 is 0 Å². The summed E-state index contributed by atoms with van der Waals surface area (Å²) in [4.78, 5) is 11.3. The van der Waals surface area contributed by atoms with Gasteiger partial charge < -0.3 is 4.74 Å². The highest BCUT2D eigenvalue weighted by Crippen LogP contribution is 2.66. The highest BCUT2D eigenvalue weighted by atomic mass is 16.5. The van der Waals surface area contributed by atoms with Gasteiger partial charge in [0.25, 0.3) is 0 Å². The Kier molecular flexibility index (Phi) is 2.46. The lowest BCUT2D eigenvalue weighted by Crippen LogP contribution is -2.38. The van der Waals surface area contributed by atoms with E-state index in [1.165, 1.54) is 19.3 Å². The molecule has 0 amide bonds. The van der Waals surface area contributed by atoms with Crippen molar-refractivity contribution in [2.24, 2.45) is 16.7 Å². The summed E-state index contributed by atoms with van der Waals surface area (Å²) in [5.41, 5.74) is 3.79. The van der Waals surface area contributed by atoms with Crippen LogP contribution in [-0.2, 0) is 9.53 Å². The second-order valence-corrected chi connectivity index (χ2v) is 7.06. The maximum absolute atomic E-state index is 11.3. The van der Waals surface area contributed by atoms with Crippen molar-refractivity contribution in [2.45, 2.75) is 65.9 Å². The van der Waals surface area contributed by atoms with Crippen LogP contribution in [0.25, 0.3) is 0 Å². The number of esters is 1. The molecule has 0 aromatic carbocycles. The Morgan fingerprint density at radius 2 is 2.06 bits per heavy atom. The van der Waals surface area contributed by atoms with Gasteiger partial charge in [0.2, 0.25) is 0 Å². The van der Waals surface area contributed by atoms with E-state index in [0.29, 0.717) is 5.41 Å². The van der Waals surface area contributed by atoms with Crippen LogP contribution in [0.2, 0.25) is 0 Å². The normalized spacial score (nSPS) is 40.9. The van der Waals surface area contributed by atoms with Crippen LogP contribution in [0.4, 0.5) is 0 Å². The van der Waals surface area contributed by atoms with E-state index in [1.807, 2.05) is 0 Å². The average Bonchev–Trinajstić information content (AvgIpc) is 2.83. The third kappa shape index (κ3) is 1.38. The summed E-state index contributed by atoms with van der Waals surface area (Å²) in [6, 6.07) is 0. The lowest BCUT2D eigenvalue weighted by molar-refractivity contribution is -0.151. The van der Waals surface area contributed by atoms with Crippen LogP contribution in [-0.4, -0.2) is 12.1 Å². The van der Waals surface area contributed by atoms with Gasteiger partial charge in [-0.1, -0.05) is 25.0 Å². The minimum absolute atomic E-state index is 0.110. The molecule has 0 heterocycles. The van der Waals surface area contributed by atoms with Gasteiger partial charge in [-0.25, -0.2) is 0 Å². The van der Waals surface area contributed by atoms with Crippen LogP contribution in [0.5, 0.6) is 0 Å². The average molecular weight is 248 g/mol. The number of carbonyl (C=O) groups is 1. The molecule has 0 aromatic rings. The first-order valence-corrected chi connectivity index (χ1v) is 7.26. The fourth-order valence-electron chi connectivity index (χ4n) is 4.88. The molecular weight excluding hydrogens is 224 g/mol. The van der Waals surface area contributed by atoms with Crippen molar-refractivity contribution in [3.8, 4) is 0 Å². The Hall–Kier alpha value is -0.790. The minimum atomic E-state index is -0.110. The van der Waals surface area contributed by atoms with E-state index in [2.05, 4.69) is 20.8 Å². The quantitative estimate of drug-likeness (QED) is 0.520. The van der Waals surface area contributed by atoms with Gasteiger partial charge in [0.1, 0.15) is 6.10 Å². The van der Waals surface area contributed by atoms with E-state index < -0.39 is 0 Å². The lowest BCUT2D eigenvalue weighted by Gasteiger charge is -2.44. The molecule has 0 radical (unpaired) electrons. The third-order valence-electron chi connectivity index (χ3n) is 6.17. The molecule has 2 saturated carbocycles. The van der Waals surface area contributed by atoms with Gasteiger partial charge in [-0.15, -0.1) is 0 Å².